The van der Waals surface area contributed by atoms with Gasteiger partial charge in [-0.15, -0.1) is 0 Å². The zero-order chi connectivity index (χ0) is 26.9. The van der Waals surface area contributed by atoms with Crippen LogP contribution < -0.4 is 14.9 Å². The number of nitrogens with one attached hydrogen (secondary N) is 2. The number of amides is 2. The molecule has 1 aromatic rings. The summed E-state index contributed by atoms with van der Waals surface area (Å²) in [6.45, 7) is 6.45. The standard InChI is InChI=1S/C23H33FN3O8P/c1-15(2)33-23(30)17(4)26-36(31,35-19-8-6-18(24)7-9-19)32-13-20-12-16(3)22(34-20)27(14-28)11-10-21(29)25-5/h6-11,14-17,20,22H,12-13H2,1-5H3,(H,25,29)(H,26,31)/b11-10-/t16?,17-,20?,22?,36?/m0/s1. The third kappa shape index (κ3) is 9.02. The maximum absolute atomic E-state index is 13.6. The summed E-state index contributed by atoms with van der Waals surface area (Å²) in [7, 11) is -2.70. The number of hydrogen-bond donors (Lipinski definition) is 2. The molecular formula is C23H33FN3O8P. The third-order valence-corrected chi connectivity index (χ3v) is 6.68. The van der Waals surface area contributed by atoms with Crippen LogP contribution in [0, 0.1) is 11.7 Å². The van der Waals surface area contributed by atoms with Crippen LogP contribution in [0.2, 0.25) is 0 Å². The molecule has 13 heteroatoms. The number of ether oxygens (including phenoxy) is 2. The van der Waals surface area contributed by atoms with Gasteiger partial charge in [0.05, 0.1) is 18.8 Å². The van der Waals surface area contributed by atoms with Gasteiger partial charge < -0.3 is 19.3 Å². The van der Waals surface area contributed by atoms with E-state index >= 15 is 0 Å². The van der Waals surface area contributed by atoms with Crippen molar-refractivity contribution >= 4 is 26.0 Å². The molecule has 5 atom stereocenters. The van der Waals surface area contributed by atoms with Gasteiger partial charge in [-0.05, 0) is 51.5 Å². The van der Waals surface area contributed by atoms with E-state index in [1.54, 1.807) is 13.8 Å². The maximum atomic E-state index is 13.6. The average molecular weight is 530 g/mol. The number of benzene rings is 1. The van der Waals surface area contributed by atoms with E-state index < -0.39 is 37.9 Å². The molecule has 1 saturated heterocycles. The van der Waals surface area contributed by atoms with E-state index in [1.807, 2.05) is 6.92 Å². The van der Waals surface area contributed by atoms with Crippen molar-refractivity contribution in [3.8, 4) is 5.75 Å². The van der Waals surface area contributed by atoms with Crippen LogP contribution in [0.5, 0.6) is 5.75 Å². The van der Waals surface area contributed by atoms with Crippen molar-refractivity contribution in [2.75, 3.05) is 13.7 Å². The molecule has 11 nitrogen and oxygen atoms in total. The molecule has 36 heavy (non-hydrogen) atoms. The molecule has 200 valence electrons. The molecule has 1 aliphatic rings. The van der Waals surface area contributed by atoms with Gasteiger partial charge in [-0.3, -0.25) is 23.8 Å². The highest BCUT2D eigenvalue weighted by Crippen LogP contribution is 2.46. The Morgan fingerprint density at radius 2 is 1.94 bits per heavy atom. The van der Waals surface area contributed by atoms with Crippen LogP contribution >= 0.6 is 7.75 Å². The fraction of sp³-hybridized carbons (Fsp3) is 0.522. The van der Waals surface area contributed by atoms with Gasteiger partial charge >= 0.3 is 13.7 Å². The number of likely N-dealkylation sites (N-methyl/N-ethyl adjacent to an activating group) is 1. The number of hydrogen-bond acceptors (Lipinski definition) is 8. The van der Waals surface area contributed by atoms with Crippen molar-refractivity contribution < 1.29 is 41.9 Å². The Kier molecular flexibility index (Phi) is 11.0. The molecule has 0 aliphatic carbocycles. The predicted octanol–water partition coefficient (Wildman–Crippen LogP) is 2.73. The van der Waals surface area contributed by atoms with E-state index in [0.29, 0.717) is 12.8 Å². The quantitative estimate of drug-likeness (QED) is 0.171. The molecule has 2 rings (SSSR count). The van der Waals surface area contributed by atoms with Crippen LogP contribution in [0.15, 0.2) is 36.5 Å². The molecule has 1 heterocycles. The first-order valence-electron chi connectivity index (χ1n) is 11.4. The van der Waals surface area contributed by atoms with E-state index in [4.69, 9.17) is 18.5 Å². The van der Waals surface area contributed by atoms with E-state index in [2.05, 4.69) is 10.4 Å². The number of nitrogens with zero attached hydrogens (tertiary/aromatic N) is 1. The Morgan fingerprint density at radius 3 is 2.53 bits per heavy atom. The number of halogens is 1. The molecule has 0 radical (unpaired) electrons. The summed E-state index contributed by atoms with van der Waals surface area (Å²) in [5.41, 5.74) is 0. The molecular weight excluding hydrogens is 496 g/mol. The van der Waals surface area contributed by atoms with Gasteiger partial charge in [0, 0.05) is 25.2 Å². The van der Waals surface area contributed by atoms with E-state index in [1.165, 1.54) is 43.3 Å². The summed E-state index contributed by atoms with van der Waals surface area (Å²) in [6.07, 6.45) is 1.85. The monoisotopic (exact) mass is 529 g/mol. The summed E-state index contributed by atoms with van der Waals surface area (Å²) in [5, 5.41) is 4.96. The molecule has 0 bridgehead atoms. The van der Waals surface area contributed by atoms with Crippen LogP contribution in [-0.4, -0.2) is 61.3 Å². The largest absolute Gasteiger partial charge is 0.462 e. The van der Waals surface area contributed by atoms with Crippen LogP contribution in [0.1, 0.15) is 34.1 Å². The minimum atomic E-state index is -4.17. The van der Waals surface area contributed by atoms with Gasteiger partial charge in [0.2, 0.25) is 12.3 Å². The number of carbonyl (C=O) groups excluding carboxylic acids is 3. The Hall–Kier alpha value is -2.79. The van der Waals surface area contributed by atoms with Gasteiger partial charge in [-0.25, -0.2) is 8.96 Å². The first-order valence-corrected chi connectivity index (χ1v) is 13.0. The topological polar surface area (TPSA) is 132 Å². The number of carbonyl (C=O) groups is 3. The zero-order valence-electron chi connectivity index (χ0n) is 20.9. The molecule has 0 saturated carbocycles. The summed E-state index contributed by atoms with van der Waals surface area (Å²) in [6, 6.07) is 3.76. The fourth-order valence-corrected chi connectivity index (χ4v) is 4.86. The molecule has 2 N–H and O–H groups in total. The van der Waals surface area contributed by atoms with Crippen molar-refractivity contribution in [1.29, 1.82) is 0 Å². The fourth-order valence-electron chi connectivity index (χ4n) is 3.34. The highest BCUT2D eigenvalue weighted by Gasteiger charge is 2.39. The average Bonchev–Trinajstić information content (AvgIpc) is 3.19. The Balaban J connectivity index is 2.11. The van der Waals surface area contributed by atoms with Crippen molar-refractivity contribution in [2.24, 2.45) is 5.92 Å². The lowest BCUT2D eigenvalue weighted by Crippen LogP contribution is -2.37. The van der Waals surface area contributed by atoms with Gasteiger partial charge in [0.15, 0.2) is 0 Å². The van der Waals surface area contributed by atoms with Crippen LogP contribution in [0.3, 0.4) is 0 Å². The van der Waals surface area contributed by atoms with E-state index in [-0.39, 0.29) is 30.3 Å². The molecule has 0 spiro atoms. The van der Waals surface area contributed by atoms with E-state index in [0.717, 1.165) is 12.1 Å². The van der Waals surface area contributed by atoms with Gasteiger partial charge in [-0.2, -0.15) is 5.09 Å². The molecule has 4 unspecified atom stereocenters. The summed E-state index contributed by atoms with van der Waals surface area (Å²) < 4.78 is 49.0. The van der Waals surface area contributed by atoms with Crippen molar-refractivity contribution in [3.05, 3.63) is 42.4 Å². The molecule has 1 aromatic carbocycles. The molecule has 1 fully saturated rings. The maximum Gasteiger partial charge on any atom is 0.459 e. The van der Waals surface area contributed by atoms with Crippen molar-refractivity contribution in [3.63, 3.8) is 0 Å². The van der Waals surface area contributed by atoms with E-state index in [9.17, 15) is 23.3 Å². The number of rotatable bonds is 13. The predicted molar refractivity (Wildman–Crippen MR) is 128 cm³/mol. The SMILES string of the molecule is CNC(=O)/C=C\N(C=O)C1OC(COP(=O)(N[C@@H](C)C(=O)OC(C)C)Oc2ccc(F)cc2)CC1C. The lowest BCUT2D eigenvalue weighted by Gasteiger charge is -2.25. The van der Waals surface area contributed by atoms with Crippen LogP contribution in [0.25, 0.3) is 0 Å². The second kappa shape index (κ2) is 13.5. The van der Waals surface area contributed by atoms with Crippen LogP contribution in [-0.2, 0) is 32.9 Å². The van der Waals surface area contributed by atoms with Gasteiger partial charge in [0.1, 0.15) is 23.8 Å². The first-order chi connectivity index (χ1) is 17.0. The van der Waals surface area contributed by atoms with Crippen molar-refractivity contribution in [2.45, 2.75) is 58.6 Å². The Bertz CT molecular complexity index is 975. The second-order valence-electron chi connectivity index (χ2n) is 8.52. The summed E-state index contributed by atoms with van der Waals surface area (Å²) >= 11 is 0. The lowest BCUT2D eigenvalue weighted by molar-refractivity contribution is -0.149. The Morgan fingerprint density at radius 1 is 1.28 bits per heavy atom. The molecule has 1 aliphatic heterocycles. The second-order valence-corrected chi connectivity index (χ2v) is 10.2. The Labute approximate surface area is 209 Å². The highest BCUT2D eigenvalue weighted by atomic mass is 31.2. The zero-order valence-corrected chi connectivity index (χ0v) is 21.8. The van der Waals surface area contributed by atoms with Gasteiger partial charge in [-0.1, -0.05) is 6.92 Å². The van der Waals surface area contributed by atoms with Gasteiger partial charge in [0.25, 0.3) is 0 Å². The van der Waals surface area contributed by atoms with Crippen LogP contribution in [0.4, 0.5) is 4.39 Å². The van der Waals surface area contributed by atoms with Crippen molar-refractivity contribution in [1.82, 2.24) is 15.3 Å². The third-order valence-electron chi connectivity index (χ3n) is 5.04. The lowest BCUT2D eigenvalue weighted by atomic mass is 10.1. The highest BCUT2D eigenvalue weighted by molar-refractivity contribution is 7.52. The normalized spacial score (nSPS) is 22.1. The molecule has 0 aromatic heterocycles. The smallest absolute Gasteiger partial charge is 0.459 e. The summed E-state index contributed by atoms with van der Waals surface area (Å²) in [4.78, 5) is 36.5. The number of esters is 1. The first kappa shape index (κ1) is 29.4. The minimum Gasteiger partial charge on any atom is -0.462 e. The minimum absolute atomic E-state index is 0.0571. The molecule has 2 amide bonds. The summed E-state index contributed by atoms with van der Waals surface area (Å²) in [5.74, 6) is -1.64.